The summed E-state index contributed by atoms with van der Waals surface area (Å²) in [4.78, 5) is 6.36. The Kier molecular flexibility index (Phi) is 3.99. The average Bonchev–Trinajstić information content (AvgIpc) is 2.27. The van der Waals surface area contributed by atoms with Crippen molar-refractivity contribution in [2.75, 3.05) is 18.6 Å². The van der Waals surface area contributed by atoms with Crippen LogP contribution in [0.15, 0.2) is 18.3 Å². The maximum atomic E-state index is 9.01. The molecule has 82 valence electrons. The minimum Gasteiger partial charge on any atom is -0.394 e. The Labute approximate surface area is 94.7 Å². The number of hydrogen-bond donors (Lipinski definition) is 2. The maximum absolute atomic E-state index is 9.01. The number of hydrogen-bond acceptors (Lipinski definition) is 4. The fourth-order valence-electron chi connectivity index (χ4n) is 1.12. The molecule has 4 nitrogen and oxygen atoms in total. The van der Waals surface area contributed by atoms with E-state index in [9.17, 15) is 0 Å². The van der Waals surface area contributed by atoms with Gasteiger partial charge in [-0.05, 0) is 19.1 Å². The van der Waals surface area contributed by atoms with E-state index in [1.165, 1.54) is 0 Å². The Hall–Kier alpha value is -1.20. The van der Waals surface area contributed by atoms with Gasteiger partial charge >= 0.3 is 0 Å². The maximum Gasteiger partial charge on any atom is 0.122 e. The summed E-state index contributed by atoms with van der Waals surface area (Å²) < 4.78 is 0. The van der Waals surface area contributed by atoms with Crippen molar-refractivity contribution in [1.29, 1.82) is 0 Å². The second-order valence-electron chi connectivity index (χ2n) is 3.41. The smallest absolute Gasteiger partial charge is 0.122 e. The molecule has 1 atom stereocenters. The van der Waals surface area contributed by atoms with E-state index < -0.39 is 0 Å². The van der Waals surface area contributed by atoms with Gasteiger partial charge in [-0.1, -0.05) is 12.2 Å². The van der Waals surface area contributed by atoms with E-state index in [1.807, 2.05) is 24.9 Å². The van der Waals surface area contributed by atoms with Gasteiger partial charge in [-0.15, -0.1) is 0 Å². The predicted octanol–water partition coefficient (Wildman–Crippen LogP) is 0.533. The number of likely N-dealkylation sites (N-methyl/N-ethyl adjacent to an activating group) is 1. The first-order valence-electron chi connectivity index (χ1n) is 4.65. The highest BCUT2D eigenvalue weighted by atomic mass is 32.1. The lowest BCUT2D eigenvalue weighted by Crippen LogP contribution is -2.31. The molecule has 0 fully saturated rings. The molecule has 0 radical (unpaired) electrons. The zero-order valence-corrected chi connectivity index (χ0v) is 9.66. The summed E-state index contributed by atoms with van der Waals surface area (Å²) in [7, 11) is 1.90. The molecule has 0 aromatic carbocycles. The van der Waals surface area contributed by atoms with Gasteiger partial charge in [0.05, 0.1) is 24.2 Å². The molecule has 1 aromatic heterocycles. The Bertz CT molecular complexity index is 339. The zero-order chi connectivity index (χ0) is 11.4. The average molecular weight is 225 g/mol. The van der Waals surface area contributed by atoms with Crippen molar-refractivity contribution in [3.8, 4) is 0 Å². The van der Waals surface area contributed by atoms with Gasteiger partial charge in [0.2, 0.25) is 0 Å². The zero-order valence-electron chi connectivity index (χ0n) is 8.84. The van der Waals surface area contributed by atoms with Crippen LogP contribution in [-0.4, -0.2) is 34.8 Å². The molecule has 0 bridgehead atoms. The largest absolute Gasteiger partial charge is 0.394 e. The van der Waals surface area contributed by atoms with Crippen LogP contribution in [0.4, 0.5) is 5.69 Å². The van der Waals surface area contributed by atoms with Crippen molar-refractivity contribution in [1.82, 2.24) is 4.98 Å². The van der Waals surface area contributed by atoms with Crippen LogP contribution in [0.5, 0.6) is 0 Å². The van der Waals surface area contributed by atoms with E-state index in [2.05, 4.69) is 4.98 Å². The molecule has 5 heteroatoms. The summed E-state index contributed by atoms with van der Waals surface area (Å²) in [6.07, 6.45) is 1.70. The molecule has 3 N–H and O–H groups in total. The van der Waals surface area contributed by atoms with Gasteiger partial charge in [0.15, 0.2) is 0 Å². The van der Waals surface area contributed by atoms with Crippen molar-refractivity contribution < 1.29 is 5.11 Å². The summed E-state index contributed by atoms with van der Waals surface area (Å²) in [6.45, 7) is 2.04. The molecule has 1 heterocycles. The minimum absolute atomic E-state index is 0.0579. The Morgan fingerprint density at radius 1 is 1.67 bits per heavy atom. The van der Waals surface area contributed by atoms with Gasteiger partial charge in [0.1, 0.15) is 4.99 Å². The van der Waals surface area contributed by atoms with Crippen molar-refractivity contribution in [3.63, 3.8) is 0 Å². The Morgan fingerprint density at radius 3 is 2.73 bits per heavy atom. The highest BCUT2D eigenvalue weighted by Gasteiger charge is 2.09. The molecule has 0 aliphatic carbocycles. The summed E-state index contributed by atoms with van der Waals surface area (Å²) in [5, 5.41) is 9.01. The highest BCUT2D eigenvalue weighted by molar-refractivity contribution is 7.80. The lowest BCUT2D eigenvalue weighted by Gasteiger charge is -2.24. The van der Waals surface area contributed by atoms with Crippen molar-refractivity contribution in [2.45, 2.75) is 13.0 Å². The van der Waals surface area contributed by atoms with E-state index in [-0.39, 0.29) is 12.6 Å². The number of aliphatic hydroxyl groups excluding tert-OH is 1. The SMILES string of the molecule is CC(CO)N(C)c1ccc(C(N)=S)nc1. The second-order valence-corrected chi connectivity index (χ2v) is 3.85. The van der Waals surface area contributed by atoms with Crippen LogP contribution in [0.3, 0.4) is 0 Å². The summed E-state index contributed by atoms with van der Waals surface area (Å²) in [5.41, 5.74) is 6.98. The van der Waals surface area contributed by atoms with Crippen LogP contribution in [0, 0.1) is 0 Å². The lowest BCUT2D eigenvalue weighted by atomic mass is 10.2. The van der Waals surface area contributed by atoms with E-state index in [0.717, 1.165) is 5.69 Å². The number of anilines is 1. The number of nitrogens with two attached hydrogens (primary N) is 1. The van der Waals surface area contributed by atoms with Crippen molar-refractivity contribution in [2.24, 2.45) is 5.73 Å². The van der Waals surface area contributed by atoms with E-state index in [0.29, 0.717) is 10.7 Å². The highest BCUT2D eigenvalue weighted by Crippen LogP contribution is 2.13. The van der Waals surface area contributed by atoms with E-state index in [1.54, 1.807) is 12.3 Å². The summed E-state index contributed by atoms with van der Waals surface area (Å²) in [5.74, 6) is 0. The molecule has 0 aliphatic heterocycles. The van der Waals surface area contributed by atoms with Crippen LogP contribution in [0.2, 0.25) is 0 Å². The monoisotopic (exact) mass is 225 g/mol. The van der Waals surface area contributed by atoms with Crippen molar-refractivity contribution >= 4 is 22.9 Å². The standard InChI is InChI=1S/C10H15N3OS/c1-7(6-14)13(2)8-3-4-9(10(11)15)12-5-8/h3-5,7,14H,6H2,1-2H3,(H2,11,15). The summed E-state index contributed by atoms with van der Waals surface area (Å²) in [6, 6.07) is 3.72. The molecule has 0 saturated carbocycles. The van der Waals surface area contributed by atoms with Gasteiger partial charge in [0, 0.05) is 13.1 Å². The van der Waals surface area contributed by atoms with Gasteiger partial charge < -0.3 is 15.7 Å². The third-order valence-corrected chi connectivity index (χ3v) is 2.54. The van der Waals surface area contributed by atoms with Crippen LogP contribution in [-0.2, 0) is 0 Å². The fraction of sp³-hybridized carbons (Fsp3) is 0.400. The quantitative estimate of drug-likeness (QED) is 0.732. The number of aliphatic hydroxyl groups is 1. The number of rotatable bonds is 4. The summed E-state index contributed by atoms with van der Waals surface area (Å²) >= 11 is 4.81. The first-order chi connectivity index (χ1) is 7.06. The van der Waals surface area contributed by atoms with Crippen molar-refractivity contribution in [3.05, 3.63) is 24.0 Å². The molecule has 0 saturated heterocycles. The topological polar surface area (TPSA) is 62.4 Å². The second kappa shape index (κ2) is 5.04. The molecular formula is C10H15N3OS. The lowest BCUT2D eigenvalue weighted by molar-refractivity contribution is 0.270. The van der Waals surface area contributed by atoms with Gasteiger partial charge in [0.25, 0.3) is 0 Å². The minimum atomic E-state index is 0.0579. The van der Waals surface area contributed by atoms with Crippen LogP contribution < -0.4 is 10.6 Å². The Morgan fingerprint density at radius 2 is 2.33 bits per heavy atom. The molecule has 0 spiro atoms. The Balaban J connectivity index is 2.84. The van der Waals surface area contributed by atoms with Crippen LogP contribution >= 0.6 is 12.2 Å². The number of thiocarbonyl (C=S) groups is 1. The third-order valence-electron chi connectivity index (χ3n) is 2.33. The van der Waals surface area contributed by atoms with E-state index >= 15 is 0 Å². The molecule has 1 rings (SSSR count). The number of pyridine rings is 1. The van der Waals surface area contributed by atoms with Crippen LogP contribution in [0.1, 0.15) is 12.6 Å². The molecular weight excluding hydrogens is 210 g/mol. The van der Waals surface area contributed by atoms with E-state index in [4.69, 9.17) is 23.1 Å². The van der Waals surface area contributed by atoms with Crippen LogP contribution in [0.25, 0.3) is 0 Å². The first-order valence-corrected chi connectivity index (χ1v) is 5.06. The first kappa shape index (κ1) is 11.9. The molecule has 0 amide bonds. The van der Waals surface area contributed by atoms with Gasteiger partial charge in [-0.25, -0.2) is 0 Å². The normalized spacial score (nSPS) is 12.2. The molecule has 1 unspecified atom stereocenters. The molecule has 15 heavy (non-hydrogen) atoms. The number of nitrogens with zero attached hydrogens (tertiary/aromatic N) is 2. The number of aromatic nitrogens is 1. The van der Waals surface area contributed by atoms with Gasteiger partial charge in [-0.3, -0.25) is 4.98 Å². The van der Waals surface area contributed by atoms with Gasteiger partial charge in [-0.2, -0.15) is 0 Å². The molecule has 1 aromatic rings. The fourth-order valence-corrected chi connectivity index (χ4v) is 1.24. The molecule has 0 aliphatic rings. The predicted molar refractivity (Wildman–Crippen MR) is 65.1 cm³/mol. The third kappa shape index (κ3) is 2.87.